The number of rotatable bonds is 5. The molecule has 1 atom stereocenters. The Balaban J connectivity index is 1.97. The second-order valence-corrected chi connectivity index (χ2v) is 5.62. The Morgan fingerprint density at radius 1 is 1.46 bits per heavy atom. The Hall–Kier alpha value is 0.120. The van der Waals surface area contributed by atoms with Crippen LogP contribution in [0.15, 0.2) is 0 Å². The molecule has 0 spiro atoms. The monoisotopic (exact) mass is 208 g/mol. The van der Waals surface area contributed by atoms with E-state index in [-0.39, 0.29) is 0 Å². The first kappa shape index (κ1) is 11.2. The summed E-state index contributed by atoms with van der Waals surface area (Å²) in [6, 6.07) is 0. The van der Waals surface area contributed by atoms with Crippen LogP contribution in [0, 0.1) is 5.92 Å². The normalized spacial score (nSPS) is 23.2. The Morgan fingerprint density at radius 2 is 2.08 bits per heavy atom. The fraction of sp³-hybridized carbons (Fsp3) is 1.00. The van der Waals surface area contributed by atoms with E-state index in [2.05, 4.69) is 4.52 Å². The molecule has 0 aromatic heterocycles. The smallest absolute Gasteiger partial charge is 0.306 e. The van der Waals surface area contributed by atoms with Crippen LogP contribution in [0.25, 0.3) is 0 Å². The third kappa shape index (κ3) is 5.43. The molecule has 0 aromatic carbocycles. The highest BCUT2D eigenvalue weighted by Gasteiger charge is 2.16. The molecule has 1 aliphatic carbocycles. The summed E-state index contributed by atoms with van der Waals surface area (Å²) in [4.78, 5) is 0. The minimum Gasteiger partial charge on any atom is -0.306 e. The van der Waals surface area contributed by atoms with Gasteiger partial charge in [-0.3, -0.25) is 4.57 Å². The van der Waals surface area contributed by atoms with Gasteiger partial charge in [0.1, 0.15) is 0 Å². The number of hydrogen-bond acceptors (Lipinski definition) is 2. The van der Waals surface area contributed by atoms with Crippen molar-refractivity contribution in [1.82, 2.24) is 0 Å². The lowest BCUT2D eigenvalue weighted by Crippen LogP contribution is -1.96. The molecule has 0 N–H and O–H groups in total. The third-order valence-electron chi connectivity index (χ3n) is 2.55. The van der Waals surface area contributed by atoms with Crippen LogP contribution < -0.4 is 0 Å². The summed E-state index contributed by atoms with van der Waals surface area (Å²) in [5.41, 5.74) is 0. The zero-order chi connectivity index (χ0) is 9.73. The molecule has 1 fully saturated rings. The van der Waals surface area contributed by atoms with E-state index in [9.17, 15) is 8.76 Å². The molecule has 13 heavy (non-hydrogen) atoms. The molecule has 0 aromatic rings. The summed E-state index contributed by atoms with van der Waals surface area (Å²) < 4.78 is 27.5. The van der Waals surface area contributed by atoms with Gasteiger partial charge in [-0.05, 0) is 18.8 Å². The van der Waals surface area contributed by atoms with Crippen LogP contribution in [-0.2, 0) is 9.09 Å². The lowest BCUT2D eigenvalue weighted by atomic mass is 10.0. The molecule has 0 radical (unpaired) electrons. The van der Waals surface area contributed by atoms with E-state index < -0.39 is 7.68 Å². The molecule has 1 aliphatic rings. The van der Waals surface area contributed by atoms with Crippen molar-refractivity contribution in [2.24, 2.45) is 5.92 Å². The minimum absolute atomic E-state index is 0.306. The van der Waals surface area contributed by atoms with Gasteiger partial charge in [-0.25, -0.2) is 0 Å². The molecule has 0 amide bonds. The predicted molar refractivity (Wildman–Crippen MR) is 51.8 cm³/mol. The first-order chi connectivity index (χ1) is 6.08. The first-order valence-electron chi connectivity index (χ1n) is 4.99. The fourth-order valence-corrected chi connectivity index (χ4v) is 2.35. The molecule has 1 saturated carbocycles. The molecule has 1 rings (SSSR count). The van der Waals surface area contributed by atoms with Crippen molar-refractivity contribution in [2.75, 3.05) is 13.3 Å². The number of hydrogen-bond donors (Lipinski definition) is 0. The van der Waals surface area contributed by atoms with E-state index in [0.29, 0.717) is 6.61 Å². The highest BCUT2D eigenvalue weighted by molar-refractivity contribution is 7.52. The average Bonchev–Trinajstić information content (AvgIpc) is 2.48. The molecule has 78 valence electrons. The van der Waals surface area contributed by atoms with Crippen molar-refractivity contribution in [1.29, 1.82) is 0 Å². The Bertz CT molecular complexity index is 184. The zero-order valence-corrected chi connectivity index (χ0v) is 9.06. The van der Waals surface area contributed by atoms with Crippen molar-refractivity contribution in [2.45, 2.75) is 38.5 Å². The Kier molecular flexibility index (Phi) is 4.40. The van der Waals surface area contributed by atoms with Gasteiger partial charge in [-0.15, -0.1) is 0 Å². The average molecular weight is 208 g/mol. The van der Waals surface area contributed by atoms with Gasteiger partial charge in [0.2, 0.25) is 0 Å². The van der Waals surface area contributed by atoms with Crippen LogP contribution in [0.1, 0.15) is 38.5 Å². The van der Waals surface area contributed by atoms with Gasteiger partial charge in [0.25, 0.3) is 0 Å². The van der Waals surface area contributed by atoms with Crippen molar-refractivity contribution in [3.63, 3.8) is 0 Å². The molecule has 0 aliphatic heterocycles. The zero-order valence-electron chi connectivity index (χ0n) is 8.17. The second kappa shape index (κ2) is 5.11. The standard InChI is InChI=1S/C9H18FO2P/c1-13(10,11)12-8-4-7-9-5-2-3-6-9/h9H,2-8H2,1H3. The molecule has 4 heteroatoms. The van der Waals surface area contributed by atoms with E-state index in [1.807, 2.05) is 0 Å². The van der Waals surface area contributed by atoms with E-state index in [4.69, 9.17) is 0 Å². The highest BCUT2D eigenvalue weighted by Crippen LogP contribution is 2.44. The van der Waals surface area contributed by atoms with Gasteiger partial charge in [0, 0.05) is 6.66 Å². The topological polar surface area (TPSA) is 26.3 Å². The summed E-state index contributed by atoms with van der Waals surface area (Å²) in [6.07, 6.45) is 7.22. The maximum absolute atomic E-state index is 12.4. The fourth-order valence-electron chi connectivity index (χ4n) is 1.90. The predicted octanol–water partition coefficient (Wildman–Crippen LogP) is 3.77. The minimum atomic E-state index is -3.73. The molecular formula is C9H18FO2P. The summed E-state index contributed by atoms with van der Waals surface area (Å²) in [5, 5.41) is 0. The maximum atomic E-state index is 12.4. The summed E-state index contributed by atoms with van der Waals surface area (Å²) in [6.45, 7) is 1.32. The van der Waals surface area contributed by atoms with Crippen LogP contribution in [0.5, 0.6) is 0 Å². The Labute approximate surface area is 79.4 Å². The van der Waals surface area contributed by atoms with E-state index in [1.54, 1.807) is 0 Å². The van der Waals surface area contributed by atoms with Crippen LogP contribution >= 0.6 is 7.68 Å². The SMILES string of the molecule is CP(=O)(F)OCCCC1CCCC1. The summed E-state index contributed by atoms with van der Waals surface area (Å²) in [7, 11) is -3.73. The van der Waals surface area contributed by atoms with Gasteiger partial charge >= 0.3 is 7.68 Å². The van der Waals surface area contributed by atoms with Gasteiger partial charge in [0.15, 0.2) is 0 Å². The lowest BCUT2D eigenvalue weighted by molar-refractivity contribution is 0.273. The van der Waals surface area contributed by atoms with Crippen LogP contribution in [0.2, 0.25) is 0 Å². The third-order valence-corrected chi connectivity index (χ3v) is 3.20. The summed E-state index contributed by atoms with van der Waals surface area (Å²) >= 11 is 0. The van der Waals surface area contributed by atoms with Crippen molar-refractivity contribution >= 4 is 7.68 Å². The van der Waals surface area contributed by atoms with Crippen LogP contribution in [0.3, 0.4) is 0 Å². The van der Waals surface area contributed by atoms with Gasteiger partial charge in [-0.2, -0.15) is 4.20 Å². The van der Waals surface area contributed by atoms with Crippen molar-refractivity contribution in [3.8, 4) is 0 Å². The number of halogens is 1. The van der Waals surface area contributed by atoms with Crippen LogP contribution in [0.4, 0.5) is 4.20 Å². The quantitative estimate of drug-likeness (QED) is 0.507. The maximum Gasteiger partial charge on any atom is 0.364 e. The van der Waals surface area contributed by atoms with Gasteiger partial charge in [0.05, 0.1) is 6.61 Å². The van der Waals surface area contributed by atoms with Crippen molar-refractivity contribution in [3.05, 3.63) is 0 Å². The van der Waals surface area contributed by atoms with Gasteiger partial charge in [-0.1, -0.05) is 25.7 Å². The lowest BCUT2D eigenvalue weighted by Gasteiger charge is -2.08. The second-order valence-electron chi connectivity index (χ2n) is 3.87. The molecular weight excluding hydrogens is 190 g/mol. The molecule has 1 unspecified atom stereocenters. The molecule has 2 nitrogen and oxygen atoms in total. The molecule has 0 heterocycles. The van der Waals surface area contributed by atoms with Crippen molar-refractivity contribution < 1.29 is 13.3 Å². The van der Waals surface area contributed by atoms with E-state index in [1.165, 1.54) is 25.7 Å². The largest absolute Gasteiger partial charge is 0.364 e. The van der Waals surface area contributed by atoms with Gasteiger partial charge < -0.3 is 4.52 Å². The van der Waals surface area contributed by atoms with Crippen LogP contribution in [-0.4, -0.2) is 13.3 Å². The summed E-state index contributed by atoms with van der Waals surface area (Å²) in [5.74, 6) is 0.805. The van der Waals surface area contributed by atoms with E-state index >= 15 is 0 Å². The van der Waals surface area contributed by atoms with E-state index in [0.717, 1.165) is 25.4 Å². The highest BCUT2D eigenvalue weighted by atomic mass is 31.2. The molecule has 0 bridgehead atoms. The first-order valence-corrected chi connectivity index (χ1v) is 6.96. The molecule has 0 saturated heterocycles. The Morgan fingerprint density at radius 3 is 2.62 bits per heavy atom.